The van der Waals surface area contributed by atoms with Gasteiger partial charge in [-0.1, -0.05) is 11.6 Å². The van der Waals surface area contributed by atoms with Crippen LogP contribution in [0.4, 0.5) is 5.69 Å². The molecule has 0 atom stereocenters. The highest BCUT2D eigenvalue weighted by Gasteiger charge is 2.19. The third-order valence-corrected chi connectivity index (χ3v) is 4.26. The fraction of sp³-hybridized carbons (Fsp3) is 0.312. The van der Waals surface area contributed by atoms with Gasteiger partial charge in [-0.15, -0.1) is 10.2 Å². The van der Waals surface area contributed by atoms with Gasteiger partial charge in [0.2, 0.25) is 5.82 Å². The maximum Gasteiger partial charge on any atom is 0.253 e. The van der Waals surface area contributed by atoms with Crippen LogP contribution in [-0.4, -0.2) is 44.5 Å². The van der Waals surface area contributed by atoms with Gasteiger partial charge in [0.15, 0.2) is 0 Å². The standard InChI is InChI=1S/C16H16ClN7O/c17-13-5-4-11(16(25)24-6-2-1-3-7-24)8-14(13)19-10-12(9-18)15-20-22-23-21-15/h4-5,8,10,19H,1-3,6-7H2,(H,20,21,22,23). The fourth-order valence-electron chi connectivity index (χ4n) is 2.62. The van der Waals surface area contributed by atoms with E-state index in [2.05, 4.69) is 25.9 Å². The normalized spacial score (nSPS) is 14.9. The molecule has 1 aromatic carbocycles. The topological polar surface area (TPSA) is 111 Å². The number of amides is 1. The van der Waals surface area contributed by atoms with E-state index in [1.807, 2.05) is 11.0 Å². The van der Waals surface area contributed by atoms with Crippen LogP contribution in [0.5, 0.6) is 0 Å². The molecule has 1 amide bonds. The van der Waals surface area contributed by atoms with Gasteiger partial charge in [-0.3, -0.25) is 4.79 Å². The minimum absolute atomic E-state index is 0.0120. The van der Waals surface area contributed by atoms with Gasteiger partial charge in [0, 0.05) is 24.9 Å². The Bertz CT molecular complexity index is 820. The largest absolute Gasteiger partial charge is 0.359 e. The number of aromatic nitrogens is 4. The highest BCUT2D eigenvalue weighted by molar-refractivity contribution is 6.33. The van der Waals surface area contributed by atoms with Crippen LogP contribution in [-0.2, 0) is 0 Å². The molecule has 9 heteroatoms. The number of nitrogens with one attached hydrogen (secondary N) is 2. The minimum atomic E-state index is -0.0120. The molecule has 25 heavy (non-hydrogen) atoms. The number of aromatic amines is 1. The van der Waals surface area contributed by atoms with Gasteiger partial charge < -0.3 is 10.2 Å². The molecule has 1 aliphatic heterocycles. The van der Waals surface area contributed by atoms with Crippen molar-refractivity contribution in [1.29, 1.82) is 5.26 Å². The van der Waals surface area contributed by atoms with Crippen molar-refractivity contribution in [2.75, 3.05) is 18.4 Å². The summed E-state index contributed by atoms with van der Waals surface area (Å²) in [6, 6.07) is 7.03. The Morgan fingerprint density at radius 3 is 2.84 bits per heavy atom. The van der Waals surface area contributed by atoms with E-state index < -0.39 is 0 Å². The van der Waals surface area contributed by atoms with E-state index >= 15 is 0 Å². The molecule has 3 rings (SSSR count). The van der Waals surface area contributed by atoms with E-state index in [1.165, 1.54) is 6.20 Å². The summed E-state index contributed by atoms with van der Waals surface area (Å²) in [5.41, 5.74) is 1.28. The van der Waals surface area contributed by atoms with Crippen LogP contribution in [0.25, 0.3) is 5.57 Å². The van der Waals surface area contributed by atoms with E-state index in [0.717, 1.165) is 32.4 Å². The van der Waals surface area contributed by atoms with Crippen molar-refractivity contribution >= 4 is 28.8 Å². The summed E-state index contributed by atoms with van der Waals surface area (Å²) < 4.78 is 0. The van der Waals surface area contributed by atoms with Crippen molar-refractivity contribution in [2.24, 2.45) is 0 Å². The molecule has 0 unspecified atom stereocenters. The third kappa shape index (κ3) is 3.95. The number of anilines is 1. The first-order valence-electron chi connectivity index (χ1n) is 7.88. The number of likely N-dealkylation sites (tertiary alicyclic amines) is 1. The minimum Gasteiger partial charge on any atom is -0.359 e. The number of nitriles is 1. The van der Waals surface area contributed by atoms with Gasteiger partial charge in [-0.2, -0.15) is 10.5 Å². The Hall–Kier alpha value is -2.92. The van der Waals surface area contributed by atoms with E-state index in [-0.39, 0.29) is 17.3 Å². The highest BCUT2D eigenvalue weighted by atomic mass is 35.5. The van der Waals surface area contributed by atoms with Crippen molar-refractivity contribution in [1.82, 2.24) is 25.5 Å². The van der Waals surface area contributed by atoms with Gasteiger partial charge in [0.1, 0.15) is 11.6 Å². The predicted octanol–water partition coefficient (Wildman–Crippen LogP) is 2.46. The first-order chi connectivity index (χ1) is 12.2. The molecule has 1 aliphatic rings. The number of tetrazole rings is 1. The van der Waals surface area contributed by atoms with Crippen LogP contribution in [0, 0.1) is 11.3 Å². The SMILES string of the molecule is N#CC(=CNc1cc(C(=O)N2CCCCC2)ccc1Cl)c1nn[nH]n1. The van der Waals surface area contributed by atoms with E-state index in [4.69, 9.17) is 11.6 Å². The monoisotopic (exact) mass is 357 g/mol. The average molecular weight is 358 g/mol. The van der Waals surface area contributed by atoms with Gasteiger partial charge in [-0.25, -0.2) is 0 Å². The summed E-state index contributed by atoms with van der Waals surface area (Å²) in [5, 5.41) is 25.8. The fourth-order valence-corrected chi connectivity index (χ4v) is 2.79. The lowest BCUT2D eigenvalue weighted by Crippen LogP contribution is -2.35. The summed E-state index contributed by atoms with van der Waals surface area (Å²) in [6.07, 6.45) is 4.66. The predicted molar refractivity (Wildman–Crippen MR) is 92.6 cm³/mol. The molecule has 0 saturated carbocycles. The Labute approximate surface area is 149 Å². The number of carbonyl (C=O) groups is 1. The second-order valence-corrected chi connectivity index (χ2v) is 6.00. The molecular formula is C16H16ClN7O. The van der Waals surface area contributed by atoms with Crippen LogP contribution in [0.15, 0.2) is 24.4 Å². The number of carbonyl (C=O) groups excluding carboxylic acids is 1. The Kier molecular flexibility index (Phi) is 5.26. The molecule has 2 aromatic rings. The van der Waals surface area contributed by atoms with Crippen molar-refractivity contribution < 1.29 is 4.79 Å². The molecule has 1 aromatic heterocycles. The summed E-state index contributed by atoms with van der Waals surface area (Å²) >= 11 is 6.19. The second-order valence-electron chi connectivity index (χ2n) is 5.60. The second kappa shape index (κ2) is 7.77. The Morgan fingerprint density at radius 1 is 1.36 bits per heavy atom. The van der Waals surface area contributed by atoms with Crippen molar-refractivity contribution in [2.45, 2.75) is 19.3 Å². The Balaban J connectivity index is 1.80. The summed E-state index contributed by atoms with van der Waals surface area (Å²) in [5.74, 6) is 0.161. The lowest BCUT2D eigenvalue weighted by molar-refractivity contribution is 0.0724. The smallest absolute Gasteiger partial charge is 0.253 e. The van der Waals surface area contributed by atoms with Crippen molar-refractivity contribution in [3.63, 3.8) is 0 Å². The van der Waals surface area contributed by atoms with Crippen LogP contribution < -0.4 is 5.32 Å². The average Bonchev–Trinajstić information content (AvgIpc) is 3.18. The van der Waals surface area contributed by atoms with Gasteiger partial charge in [0.05, 0.1) is 10.7 Å². The lowest BCUT2D eigenvalue weighted by Gasteiger charge is -2.27. The maximum absolute atomic E-state index is 12.6. The van der Waals surface area contributed by atoms with E-state index in [1.54, 1.807) is 18.2 Å². The molecule has 1 saturated heterocycles. The number of halogens is 1. The number of nitrogens with zero attached hydrogens (tertiary/aromatic N) is 5. The number of hydrogen-bond acceptors (Lipinski definition) is 6. The zero-order valence-corrected chi connectivity index (χ0v) is 14.1. The number of rotatable bonds is 4. The zero-order valence-electron chi connectivity index (χ0n) is 13.4. The number of H-pyrrole nitrogens is 1. The summed E-state index contributed by atoms with van der Waals surface area (Å²) in [7, 11) is 0. The number of benzene rings is 1. The van der Waals surface area contributed by atoms with Crippen LogP contribution in [0.2, 0.25) is 5.02 Å². The molecule has 1 fully saturated rings. The van der Waals surface area contributed by atoms with Crippen molar-refractivity contribution in [3.8, 4) is 6.07 Å². The molecule has 0 radical (unpaired) electrons. The number of hydrogen-bond donors (Lipinski definition) is 2. The molecule has 128 valence electrons. The number of allylic oxidation sites excluding steroid dienone is 1. The van der Waals surface area contributed by atoms with Crippen LogP contribution in [0.1, 0.15) is 35.4 Å². The third-order valence-electron chi connectivity index (χ3n) is 3.94. The first-order valence-corrected chi connectivity index (χ1v) is 8.26. The first kappa shape index (κ1) is 16.9. The van der Waals surface area contributed by atoms with Gasteiger partial charge in [0.25, 0.3) is 5.91 Å². The van der Waals surface area contributed by atoms with Gasteiger partial charge >= 0.3 is 0 Å². The van der Waals surface area contributed by atoms with E-state index in [9.17, 15) is 10.1 Å². The molecule has 0 spiro atoms. The quantitative estimate of drug-likeness (QED) is 0.813. The summed E-state index contributed by atoms with van der Waals surface area (Å²) in [6.45, 7) is 1.56. The highest BCUT2D eigenvalue weighted by Crippen LogP contribution is 2.25. The summed E-state index contributed by atoms with van der Waals surface area (Å²) in [4.78, 5) is 14.5. The van der Waals surface area contributed by atoms with Gasteiger partial charge in [-0.05, 0) is 42.7 Å². The molecule has 0 aliphatic carbocycles. The molecule has 0 bridgehead atoms. The molecular weight excluding hydrogens is 342 g/mol. The van der Waals surface area contributed by atoms with E-state index in [0.29, 0.717) is 16.3 Å². The Morgan fingerprint density at radius 2 is 2.16 bits per heavy atom. The maximum atomic E-state index is 12.6. The van der Waals surface area contributed by atoms with Crippen molar-refractivity contribution in [3.05, 3.63) is 40.8 Å². The molecule has 2 N–H and O–H groups in total. The molecule has 8 nitrogen and oxygen atoms in total. The van der Waals surface area contributed by atoms with Crippen LogP contribution in [0.3, 0.4) is 0 Å². The number of piperidine rings is 1. The zero-order chi connectivity index (χ0) is 17.6. The van der Waals surface area contributed by atoms with Crippen LogP contribution >= 0.6 is 11.6 Å². The lowest BCUT2D eigenvalue weighted by atomic mass is 10.1. The molecule has 2 heterocycles.